The average Bonchev–Trinajstić information content (AvgIpc) is 2.99. The normalized spacial score (nSPS) is 20.4. The van der Waals surface area contributed by atoms with E-state index in [1.54, 1.807) is 25.1 Å². The lowest BCUT2D eigenvalue weighted by Gasteiger charge is -2.26. The van der Waals surface area contributed by atoms with Crippen LogP contribution in [0, 0.1) is 0 Å². The fraction of sp³-hybridized carbons (Fsp3) is 0.333. The Kier molecular flexibility index (Phi) is 5.85. The van der Waals surface area contributed by atoms with Crippen molar-refractivity contribution in [1.82, 2.24) is 9.62 Å². The van der Waals surface area contributed by atoms with Crippen molar-refractivity contribution in [2.24, 2.45) is 4.99 Å². The van der Waals surface area contributed by atoms with E-state index in [9.17, 15) is 13.2 Å². The number of benzene rings is 2. The standard InChI is InChI=1S/C21H24N4O4S/c1-15(22-20-18-7-2-3-8-19(18)30(27,28)24-20)21(26)23-17-6-4-5-16(13-17)14-25-9-11-29-12-10-25/h2-8,13,15H,9-12,14H2,1H3,(H,22,24)(H,23,26)/t15-/m0/s1. The molecular weight excluding hydrogens is 404 g/mol. The first kappa shape index (κ1) is 20.5. The van der Waals surface area contributed by atoms with Crippen LogP contribution in [-0.4, -0.2) is 57.4 Å². The molecule has 0 aromatic heterocycles. The van der Waals surface area contributed by atoms with Crippen molar-refractivity contribution in [3.8, 4) is 0 Å². The van der Waals surface area contributed by atoms with Gasteiger partial charge in [-0.3, -0.25) is 19.4 Å². The number of nitrogens with zero attached hydrogens (tertiary/aromatic N) is 2. The van der Waals surface area contributed by atoms with Crippen LogP contribution in [0.15, 0.2) is 58.4 Å². The van der Waals surface area contributed by atoms with Gasteiger partial charge in [-0.1, -0.05) is 24.3 Å². The van der Waals surface area contributed by atoms with Gasteiger partial charge in [-0.15, -0.1) is 0 Å². The molecule has 2 N–H and O–H groups in total. The van der Waals surface area contributed by atoms with Gasteiger partial charge in [-0.2, -0.15) is 0 Å². The smallest absolute Gasteiger partial charge is 0.263 e. The summed E-state index contributed by atoms with van der Waals surface area (Å²) in [5.41, 5.74) is 2.26. The highest BCUT2D eigenvalue weighted by atomic mass is 32.2. The topological polar surface area (TPSA) is 100 Å². The summed E-state index contributed by atoms with van der Waals surface area (Å²) in [6, 6.07) is 13.5. The van der Waals surface area contributed by atoms with Crippen LogP contribution in [0.1, 0.15) is 18.1 Å². The molecular formula is C21H24N4O4S. The van der Waals surface area contributed by atoms with E-state index in [0.717, 1.165) is 38.4 Å². The third-order valence-corrected chi connectivity index (χ3v) is 6.47. The molecule has 0 bridgehead atoms. The Bertz CT molecular complexity index is 1080. The molecule has 30 heavy (non-hydrogen) atoms. The second-order valence-electron chi connectivity index (χ2n) is 7.33. The van der Waals surface area contributed by atoms with Crippen molar-refractivity contribution < 1.29 is 17.9 Å². The van der Waals surface area contributed by atoms with E-state index in [4.69, 9.17) is 4.74 Å². The molecule has 2 aromatic rings. The SMILES string of the molecule is C[C@H](N=C1NS(=O)(=O)c2ccccc21)C(=O)Nc1cccc(CN2CCOCC2)c1. The van der Waals surface area contributed by atoms with Crippen molar-refractivity contribution in [2.75, 3.05) is 31.6 Å². The van der Waals surface area contributed by atoms with Gasteiger partial charge in [0.25, 0.3) is 10.0 Å². The largest absolute Gasteiger partial charge is 0.379 e. The predicted molar refractivity (Wildman–Crippen MR) is 114 cm³/mol. The Hall–Kier alpha value is -2.75. The predicted octanol–water partition coefficient (Wildman–Crippen LogP) is 1.58. The first-order valence-electron chi connectivity index (χ1n) is 9.82. The summed E-state index contributed by atoms with van der Waals surface area (Å²) in [5, 5.41) is 2.87. The molecule has 1 saturated heterocycles. The molecule has 1 fully saturated rings. The maximum Gasteiger partial charge on any atom is 0.263 e. The number of carbonyl (C=O) groups excluding carboxylic acids is 1. The van der Waals surface area contributed by atoms with Crippen molar-refractivity contribution in [3.63, 3.8) is 0 Å². The average molecular weight is 429 g/mol. The first-order chi connectivity index (χ1) is 14.4. The summed E-state index contributed by atoms with van der Waals surface area (Å²) in [6.45, 7) is 5.69. The molecule has 2 aliphatic heterocycles. The van der Waals surface area contributed by atoms with Gasteiger partial charge in [0, 0.05) is 30.9 Å². The minimum absolute atomic E-state index is 0.173. The van der Waals surface area contributed by atoms with Crippen LogP contribution in [-0.2, 0) is 26.1 Å². The number of morpholine rings is 1. The molecule has 1 amide bonds. The number of aliphatic imine (C=N–C) groups is 1. The lowest BCUT2D eigenvalue weighted by Crippen LogP contribution is -2.35. The number of amidine groups is 1. The van der Waals surface area contributed by atoms with Crippen LogP contribution in [0.3, 0.4) is 0 Å². The zero-order chi connectivity index (χ0) is 21.1. The van der Waals surface area contributed by atoms with E-state index in [1.165, 1.54) is 6.07 Å². The molecule has 2 aliphatic rings. The van der Waals surface area contributed by atoms with Gasteiger partial charge < -0.3 is 10.1 Å². The Morgan fingerprint density at radius 1 is 1.20 bits per heavy atom. The van der Waals surface area contributed by atoms with Gasteiger partial charge in [-0.25, -0.2) is 8.42 Å². The van der Waals surface area contributed by atoms with E-state index >= 15 is 0 Å². The molecule has 0 aliphatic carbocycles. The van der Waals surface area contributed by atoms with Crippen LogP contribution >= 0.6 is 0 Å². The second-order valence-corrected chi connectivity index (χ2v) is 8.98. The molecule has 4 rings (SSSR count). The van der Waals surface area contributed by atoms with Gasteiger partial charge in [0.1, 0.15) is 11.9 Å². The highest BCUT2D eigenvalue weighted by Crippen LogP contribution is 2.23. The van der Waals surface area contributed by atoms with Crippen LogP contribution < -0.4 is 10.0 Å². The quantitative estimate of drug-likeness (QED) is 0.753. The van der Waals surface area contributed by atoms with E-state index in [0.29, 0.717) is 11.3 Å². The summed E-state index contributed by atoms with van der Waals surface area (Å²) >= 11 is 0. The number of ether oxygens (including phenoxy) is 1. The summed E-state index contributed by atoms with van der Waals surface area (Å²) < 4.78 is 32.2. The monoisotopic (exact) mass is 428 g/mol. The third-order valence-electron chi connectivity index (χ3n) is 5.07. The summed E-state index contributed by atoms with van der Waals surface area (Å²) in [6.07, 6.45) is 0. The Morgan fingerprint density at radius 2 is 1.97 bits per heavy atom. The van der Waals surface area contributed by atoms with E-state index in [2.05, 4.69) is 19.9 Å². The highest BCUT2D eigenvalue weighted by Gasteiger charge is 2.31. The minimum atomic E-state index is -3.63. The fourth-order valence-electron chi connectivity index (χ4n) is 3.49. The molecule has 158 valence electrons. The number of carbonyl (C=O) groups is 1. The molecule has 1 atom stereocenters. The molecule has 9 heteroatoms. The maximum atomic E-state index is 12.7. The van der Waals surface area contributed by atoms with Crippen LogP contribution in [0.5, 0.6) is 0 Å². The fourth-order valence-corrected chi connectivity index (χ4v) is 4.73. The van der Waals surface area contributed by atoms with Crippen molar-refractivity contribution in [2.45, 2.75) is 24.4 Å². The van der Waals surface area contributed by atoms with Crippen molar-refractivity contribution in [3.05, 3.63) is 59.7 Å². The Balaban J connectivity index is 1.44. The molecule has 0 spiro atoms. The maximum absolute atomic E-state index is 12.7. The van der Waals surface area contributed by atoms with Gasteiger partial charge in [-0.05, 0) is 36.8 Å². The molecule has 0 unspecified atom stereocenters. The first-order valence-corrected chi connectivity index (χ1v) is 11.3. The molecule has 8 nitrogen and oxygen atoms in total. The summed E-state index contributed by atoms with van der Waals surface area (Å²) in [5.74, 6) is -0.121. The van der Waals surface area contributed by atoms with Gasteiger partial charge >= 0.3 is 0 Å². The number of rotatable bonds is 5. The number of hydrogen-bond donors (Lipinski definition) is 2. The van der Waals surface area contributed by atoms with Crippen LogP contribution in [0.2, 0.25) is 0 Å². The van der Waals surface area contributed by atoms with Gasteiger partial charge in [0.2, 0.25) is 5.91 Å². The number of hydrogen-bond acceptors (Lipinski definition) is 6. The lowest BCUT2D eigenvalue weighted by atomic mass is 10.1. The van der Waals surface area contributed by atoms with Crippen LogP contribution in [0.25, 0.3) is 0 Å². The molecule has 2 aromatic carbocycles. The molecule has 2 heterocycles. The summed E-state index contributed by atoms with van der Waals surface area (Å²) in [4.78, 5) is 19.5. The molecule has 0 saturated carbocycles. The van der Waals surface area contributed by atoms with Crippen molar-refractivity contribution in [1.29, 1.82) is 0 Å². The highest BCUT2D eigenvalue weighted by molar-refractivity contribution is 7.90. The zero-order valence-electron chi connectivity index (χ0n) is 16.7. The Labute approximate surface area is 176 Å². The van der Waals surface area contributed by atoms with E-state index < -0.39 is 16.1 Å². The molecule has 0 radical (unpaired) electrons. The second kappa shape index (κ2) is 8.55. The van der Waals surface area contributed by atoms with E-state index in [-0.39, 0.29) is 16.6 Å². The summed E-state index contributed by atoms with van der Waals surface area (Å²) in [7, 11) is -3.63. The minimum Gasteiger partial charge on any atom is -0.379 e. The number of amides is 1. The van der Waals surface area contributed by atoms with Crippen molar-refractivity contribution >= 4 is 27.5 Å². The third kappa shape index (κ3) is 4.53. The number of nitrogens with one attached hydrogen (secondary N) is 2. The Morgan fingerprint density at radius 3 is 2.77 bits per heavy atom. The van der Waals surface area contributed by atoms with Gasteiger partial charge in [0.15, 0.2) is 0 Å². The number of sulfonamides is 1. The number of anilines is 1. The number of fused-ring (bicyclic) bond motifs is 1. The lowest BCUT2D eigenvalue weighted by molar-refractivity contribution is -0.117. The zero-order valence-corrected chi connectivity index (χ0v) is 17.5. The van der Waals surface area contributed by atoms with E-state index in [1.807, 2.05) is 24.3 Å². The van der Waals surface area contributed by atoms with Gasteiger partial charge in [0.05, 0.1) is 18.1 Å². The van der Waals surface area contributed by atoms with Crippen LogP contribution in [0.4, 0.5) is 5.69 Å².